The first-order chi connectivity index (χ1) is 13.6. The lowest BCUT2D eigenvalue weighted by Gasteiger charge is -2.37. The van der Waals surface area contributed by atoms with Gasteiger partial charge in [0.25, 0.3) is 0 Å². The summed E-state index contributed by atoms with van der Waals surface area (Å²) in [5.74, 6) is 0.801. The summed E-state index contributed by atoms with van der Waals surface area (Å²) in [5.41, 5.74) is 2.95. The van der Waals surface area contributed by atoms with Crippen LogP contribution in [0.4, 0.5) is 4.79 Å². The number of hydrogen-bond acceptors (Lipinski definition) is 4. The number of nitrogens with zero attached hydrogens (tertiary/aromatic N) is 1. The number of aliphatic hydroxyl groups is 1. The van der Waals surface area contributed by atoms with Gasteiger partial charge in [0.1, 0.15) is 12.4 Å². The third kappa shape index (κ3) is 4.84. The minimum Gasteiger partial charge on any atom is -0.496 e. The zero-order chi connectivity index (χ0) is 19.9. The molecule has 1 heterocycles. The minimum absolute atomic E-state index is 0.241. The van der Waals surface area contributed by atoms with Crippen molar-refractivity contribution in [2.75, 3.05) is 13.7 Å². The van der Waals surface area contributed by atoms with Crippen LogP contribution < -0.4 is 4.74 Å². The zero-order valence-electron chi connectivity index (χ0n) is 16.6. The molecule has 150 valence electrons. The fraction of sp³-hybridized carbons (Fsp3) is 0.435. The monoisotopic (exact) mass is 383 g/mol. The van der Waals surface area contributed by atoms with Crippen molar-refractivity contribution in [1.29, 1.82) is 0 Å². The Kier molecular flexibility index (Phi) is 6.93. The van der Waals surface area contributed by atoms with Crippen LogP contribution in [-0.2, 0) is 17.8 Å². The number of hydrogen-bond donors (Lipinski definition) is 1. The van der Waals surface area contributed by atoms with Crippen molar-refractivity contribution >= 4 is 6.09 Å². The molecule has 1 aliphatic heterocycles. The first kappa shape index (κ1) is 20.2. The molecular weight excluding hydrogens is 354 g/mol. The number of amides is 1. The Balaban J connectivity index is 1.66. The molecule has 0 radical (unpaired) electrons. The third-order valence-corrected chi connectivity index (χ3v) is 5.36. The van der Waals surface area contributed by atoms with E-state index >= 15 is 0 Å². The molecule has 1 N–H and O–H groups in total. The average molecular weight is 383 g/mol. The Morgan fingerprint density at radius 2 is 1.96 bits per heavy atom. The molecule has 1 amide bonds. The van der Waals surface area contributed by atoms with Gasteiger partial charge in [0.15, 0.2) is 0 Å². The molecule has 3 rings (SSSR count). The maximum Gasteiger partial charge on any atom is 0.410 e. The molecule has 1 saturated heterocycles. The highest BCUT2D eigenvalue weighted by atomic mass is 16.6. The van der Waals surface area contributed by atoms with Crippen LogP contribution in [0.2, 0.25) is 0 Å². The largest absolute Gasteiger partial charge is 0.496 e. The van der Waals surface area contributed by atoms with Gasteiger partial charge in [0.05, 0.1) is 19.3 Å². The normalized spacial score (nSPS) is 17.8. The molecule has 0 bridgehead atoms. The Labute approximate surface area is 166 Å². The van der Waals surface area contributed by atoms with Crippen molar-refractivity contribution in [2.45, 2.75) is 51.4 Å². The molecule has 2 unspecified atom stereocenters. The lowest BCUT2D eigenvalue weighted by molar-refractivity contribution is 0.0144. The average Bonchev–Trinajstić information content (AvgIpc) is 2.73. The number of ether oxygens (including phenoxy) is 2. The van der Waals surface area contributed by atoms with Gasteiger partial charge < -0.3 is 19.5 Å². The second-order valence-electron chi connectivity index (χ2n) is 7.34. The summed E-state index contributed by atoms with van der Waals surface area (Å²) in [7, 11) is 1.64. The highest BCUT2D eigenvalue weighted by Gasteiger charge is 2.33. The third-order valence-electron chi connectivity index (χ3n) is 5.36. The van der Waals surface area contributed by atoms with Gasteiger partial charge in [0, 0.05) is 13.0 Å². The number of aryl methyl sites for hydroxylation is 1. The maximum absolute atomic E-state index is 12.7. The number of piperidine rings is 1. The number of rotatable bonds is 6. The molecule has 1 fully saturated rings. The van der Waals surface area contributed by atoms with Gasteiger partial charge in [-0.2, -0.15) is 0 Å². The molecule has 5 heteroatoms. The van der Waals surface area contributed by atoms with Crippen LogP contribution in [0.5, 0.6) is 5.75 Å². The van der Waals surface area contributed by atoms with Crippen LogP contribution in [-0.4, -0.2) is 41.9 Å². The minimum atomic E-state index is -0.666. The number of carbonyl (C=O) groups excluding carboxylic acids is 1. The molecule has 0 saturated carbocycles. The molecular formula is C23H29NO4. The topological polar surface area (TPSA) is 59.0 Å². The summed E-state index contributed by atoms with van der Waals surface area (Å²) in [6.45, 7) is 2.84. The summed E-state index contributed by atoms with van der Waals surface area (Å²) in [6.07, 6.45) is 2.12. The van der Waals surface area contributed by atoms with Crippen molar-refractivity contribution in [2.24, 2.45) is 0 Å². The summed E-state index contributed by atoms with van der Waals surface area (Å²) in [4.78, 5) is 14.4. The van der Waals surface area contributed by atoms with E-state index in [0.717, 1.165) is 41.7 Å². The highest BCUT2D eigenvalue weighted by Crippen LogP contribution is 2.28. The van der Waals surface area contributed by atoms with E-state index in [9.17, 15) is 9.90 Å². The van der Waals surface area contributed by atoms with E-state index < -0.39 is 6.10 Å². The molecule has 0 aliphatic carbocycles. The molecule has 28 heavy (non-hydrogen) atoms. The van der Waals surface area contributed by atoms with Gasteiger partial charge in [-0.25, -0.2) is 4.79 Å². The van der Waals surface area contributed by atoms with Crippen molar-refractivity contribution in [3.8, 4) is 5.75 Å². The van der Waals surface area contributed by atoms with Crippen LogP contribution in [0.25, 0.3) is 0 Å². The van der Waals surface area contributed by atoms with E-state index in [-0.39, 0.29) is 18.7 Å². The van der Waals surface area contributed by atoms with E-state index in [2.05, 4.69) is 0 Å². The number of methoxy groups -OCH3 is 1. The molecule has 2 aromatic rings. The van der Waals surface area contributed by atoms with Crippen molar-refractivity contribution in [3.05, 3.63) is 65.2 Å². The number of aliphatic hydroxyl groups excluding tert-OH is 1. The highest BCUT2D eigenvalue weighted by molar-refractivity contribution is 5.68. The van der Waals surface area contributed by atoms with Crippen LogP contribution >= 0.6 is 0 Å². The van der Waals surface area contributed by atoms with Crippen molar-refractivity contribution < 1.29 is 19.4 Å². The molecule has 2 atom stereocenters. The number of para-hydroxylation sites is 1. The second-order valence-corrected chi connectivity index (χ2v) is 7.34. The molecule has 5 nitrogen and oxygen atoms in total. The van der Waals surface area contributed by atoms with Gasteiger partial charge in [-0.1, -0.05) is 48.5 Å². The lowest BCUT2D eigenvalue weighted by atomic mass is 9.93. The van der Waals surface area contributed by atoms with E-state index in [1.807, 2.05) is 55.5 Å². The van der Waals surface area contributed by atoms with E-state index in [4.69, 9.17) is 9.47 Å². The molecule has 2 aromatic carbocycles. The fourth-order valence-electron chi connectivity index (χ4n) is 3.91. The molecule has 0 aromatic heterocycles. The van der Waals surface area contributed by atoms with Crippen molar-refractivity contribution in [3.63, 3.8) is 0 Å². The number of likely N-dealkylation sites (tertiary alicyclic amines) is 1. The van der Waals surface area contributed by atoms with Gasteiger partial charge >= 0.3 is 6.09 Å². The smallest absolute Gasteiger partial charge is 0.410 e. The maximum atomic E-state index is 12.7. The van der Waals surface area contributed by atoms with Crippen LogP contribution in [0.15, 0.2) is 48.5 Å². The van der Waals surface area contributed by atoms with Gasteiger partial charge in [-0.15, -0.1) is 0 Å². The van der Waals surface area contributed by atoms with Gasteiger partial charge in [0.2, 0.25) is 0 Å². The number of carbonyl (C=O) groups is 1. The standard InChI is InChI=1S/C23H29NO4/c1-17-9-8-12-19(22(17)27-2)15-21(25)20-13-6-7-14-24(20)23(26)28-16-18-10-4-3-5-11-18/h3-5,8-12,20-21,25H,6-7,13-16H2,1-2H3. The number of benzene rings is 2. The van der Waals surface area contributed by atoms with Gasteiger partial charge in [-0.3, -0.25) is 0 Å². The summed E-state index contributed by atoms with van der Waals surface area (Å²) in [6, 6.07) is 15.3. The summed E-state index contributed by atoms with van der Waals surface area (Å²) in [5, 5.41) is 10.9. The molecule has 0 spiro atoms. The SMILES string of the molecule is COc1c(C)cccc1CC(O)C1CCCCN1C(=O)OCc1ccccc1. The summed E-state index contributed by atoms with van der Waals surface area (Å²) >= 11 is 0. The van der Waals surface area contributed by atoms with E-state index in [0.29, 0.717) is 13.0 Å². The van der Waals surface area contributed by atoms with Crippen molar-refractivity contribution in [1.82, 2.24) is 4.90 Å². The van der Waals surface area contributed by atoms with E-state index in [1.54, 1.807) is 12.0 Å². The second kappa shape index (κ2) is 9.60. The van der Waals surface area contributed by atoms with Crippen LogP contribution in [0.1, 0.15) is 36.0 Å². The quantitative estimate of drug-likeness (QED) is 0.816. The Morgan fingerprint density at radius 1 is 1.18 bits per heavy atom. The first-order valence-corrected chi connectivity index (χ1v) is 9.88. The van der Waals surface area contributed by atoms with Gasteiger partial charge in [-0.05, 0) is 42.9 Å². The zero-order valence-corrected chi connectivity index (χ0v) is 16.6. The van der Waals surface area contributed by atoms with Crippen LogP contribution in [0, 0.1) is 6.92 Å². The predicted molar refractivity (Wildman–Crippen MR) is 108 cm³/mol. The van der Waals surface area contributed by atoms with E-state index in [1.165, 1.54) is 0 Å². The lowest BCUT2D eigenvalue weighted by Crippen LogP contribution is -2.50. The first-order valence-electron chi connectivity index (χ1n) is 9.88. The molecule has 1 aliphatic rings. The summed E-state index contributed by atoms with van der Waals surface area (Å²) < 4.78 is 11.0. The van der Waals surface area contributed by atoms with Crippen LogP contribution in [0.3, 0.4) is 0 Å². The Hall–Kier alpha value is -2.53. The predicted octanol–water partition coefficient (Wildman–Crippen LogP) is 4.10. The Morgan fingerprint density at radius 3 is 2.71 bits per heavy atom. The fourth-order valence-corrected chi connectivity index (χ4v) is 3.91. The Bertz CT molecular complexity index is 777.